The number of para-hydroxylation sites is 1. The van der Waals surface area contributed by atoms with Crippen LogP contribution in [0.5, 0.6) is 0 Å². The summed E-state index contributed by atoms with van der Waals surface area (Å²) in [6.45, 7) is 3.66. The monoisotopic (exact) mass is 382 g/mol. The first-order valence-electron chi connectivity index (χ1n) is 9.10. The molecule has 0 aliphatic carbocycles. The van der Waals surface area contributed by atoms with Gasteiger partial charge in [0.2, 0.25) is 0 Å². The lowest BCUT2D eigenvalue weighted by Gasteiger charge is -2.23. The van der Waals surface area contributed by atoms with Gasteiger partial charge >= 0.3 is 0 Å². The predicted octanol–water partition coefficient (Wildman–Crippen LogP) is 2.51. The van der Waals surface area contributed by atoms with E-state index in [4.69, 9.17) is 0 Å². The van der Waals surface area contributed by atoms with Gasteiger partial charge in [-0.25, -0.2) is 15.0 Å². The summed E-state index contributed by atoms with van der Waals surface area (Å²) in [7, 11) is 1.90. The number of nitrogens with zero attached hydrogens (tertiary/aromatic N) is 4. The van der Waals surface area contributed by atoms with E-state index in [0.29, 0.717) is 17.1 Å². The molecule has 1 unspecified atom stereocenters. The van der Waals surface area contributed by atoms with Crippen LogP contribution in [0.25, 0.3) is 10.3 Å². The zero-order chi connectivity index (χ0) is 18.8. The Labute approximate surface area is 161 Å². The maximum absolute atomic E-state index is 12.4. The molecule has 7 nitrogen and oxygen atoms in total. The lowest BCUT2D eigenvalue weighted by molar-refractivity contribution is 0.0953. The quantitative estimate of drug-likeness (QED) is 0.638. The predicted molar refractivity (Wildman–Crippen MR) is 108 cm³/mol. The Morgan fingerprint density at radius 1 is 1.30 bits per heavy atom. The van der Waals surface area contributed by atoms with Crippen LogP contribution < -0.4 is 15.5 Å². The third kappa shape index (κ3) is 3.38. The second-order valence-electron chi connectivity index (χ2n) is 6.63. The number of carbonyl (C=O) groups excluding carboxylic acids is 1. The van der Waals surface area contributed by atoms with Gasteiger partial charge in [0.05, 0.1) is 0 Å². The molecule has 0 saturated heterocycles. The molecule has 140 valence electrons. The van der Waals surface area contributed by atoms with Crippen LogP contribution in [0, 0.1) is 0 Å². The first-order valence-corrected chi connectivity index (χ1v) is 9.92. The van der Waals surface area contributed by atoms with Crippen molar-refractivity contribution in [2.24, 2.45) is 0 Å². The van der Waals surface area contributed by atoms with E-state index < -0.39 is 0 Å². The molecule has 1 aromatic carbocycles. The second kappa shape index (κ2) is 7.58. The molecule has 1 aliphatic heterocycles. The van der Waals surface area contributed by atoms with Gasteiger partial charge in [-0.2, -0.15) is 0 Å². The van der Waals surface area contributed by atoms with Gasteiger partial charge in [-0.1, -0.05) is 29.5 Å². The van der Waals surface area contributed by atoms with E-state index in [9.17, 15) is 4.79 Å². The number of fused-ring (bicyclic) bond motifs is 2. The maximum Gasteiger partial charge on any atom is 0.280 e. The average molecular weight is 382 g/mol. The number of benzene rings is 1. The van der Waals surface area contributed by atoms with Crippen molar-refractivity contribution in [2.45, 2.75) is 25.8 Å². The van der Waals surface area contributed by atoms with Crippen LogP contribution in [0.1, 0.15) is 28.7 Å². The number of nitrogens with one attached hydrogen (secondary N) is 2. The van der Waals surface area contributed by atoms with Gasteiger partial charge in [-0.3, -0.25) is 4.79 Å². The van der Waals surface area contributed by atoms with E-state index in [2.05, 4.69) is 55.6 Å². The molecule has 1 atom stereocenters. The molecule has 8 heteroatoms. The number of rotatable bonds is 6. The normalized spacial score (nSPS) is 15.9. The molecule has 1 aliphatic rings. The maximum atomic E-state index is 12.4. The molecule has 1 amide bonds. The molecule has 3 aromatic rings. The van der Waals surface area contributed by atoms with Crippen molar-refractivity contribution < 1.29 is 4.79 Å². The van der Waals surface area contributed by atoms with Gasteiger partial charge in [0, 0.05) is 18.3 Å². The topological polar surface area (TPSA) is 83.0 Å². The summed E-state index contributed by atoms with van der Waals surface area (Å²) in [5, 5.41) is 6.41. The van der Waals surface area contributed by atoms with Gasteiger partial charge in [-0.05, 0) is 45.0 Å². The number of hydrogen-bond donors (Lipinski definition) is 2. The zero-order valence-corrected chi connectivity index (χ0v) is 16.2. The number of hydrogen-bond acceptors (Lipinski definition) is 7. The Kier molecular flexibility index (Phi) is 5.00. The van der Waals surface area contributed by atoms with Gasteiger partial charge in [-0.15, -0.1) is 0 Å². The van der Waals surface area contributed by atoms with Gasteiger partial charge < -0.3 is 15.5 Å². The molecular formula is C19H22N6OS. The number of amides is 1. The summed E-state index contributed by atoms with van der Waals surface area (Å²) in [6, 6.07) is 8.63. The van der Waals surface area contributed by atoms with Gasteiger partial charge in [0.1, 0.15) is 16.7 Å². The van der Waals surface area contributed by atoms with Crippen LogP contribution in [0.3, 0.4) is 0 Å². The molecule has 0 spiro atoms. The summed E-state index contributed by atoms with van der Waals surface area (Å²) >= 11 is 1.31. The van der Waals surface area contributed by atoms with Crippen LogP contribution in [0.2, 0.25) is 0 Å². The Hall–Kier alpha value is -2.58. The minimum absolute atomic E-state index is 0.157. The Balaban J connectivity index is 1.65. The van der Waals surface area contributed by atoms with Gasteiger partial charge in [0.15, 0.2) is 10.8 Å². The standard InChI is InChI=1S/C19H22N6OS/c1-12-10-13-6-3-4-7-14(13)25(12)16-15-18(23-11-22-16)27-19(24-15)17(26)21-9-5-8-20-2/h3-4,6-7,11-12,20H,5,8-10H2,1-2H3,(H,21,26). The lowest BCUT2D eigenvalue weighted by atomic mass is 10.1. The lowest BCUT2D eigenvalue weighted by Crippen LogP contribution is -2.26. The van der Waals surface area contributed by atoms with Crippen LogP contribution >= 0.6 is 11.3 Å². The fraction of sp³-hybridized carbons (Fsp3) is 0.368. The van der Waals surface area contributed by atoms with E-state index in [0.717, 1.165) is 35.7 Å². The molecule has 4 rings (SSSR count). The van der Waals surface area contributed by atoms with E-state index >= 15 is 0 Å². The number of anilines is 2. The largest absolute Gasteiger partial charge is 0.350 e. The number of aromatic nitrogens is 3. The fourth-order valence-electron chi connectivity index (χ4n) is 3.45. The Morgan fingerprint density at radius 3 is 3.00 bits per heavy atom. The fourth-order valence-corrected chi connectivity index (χ4v) is 4.27. The van der Waals surface area contributed by atoms with E-state index in [1.54, 1.807) is 6.33 Å². The molecule has 27 heavy (non-hydrogen) atoms. The summed E-state index contributed by atoms with van der Waals surface area (Å²) in [5.74, 6) is 0.609. The minimum atomic E-state index is -0.157. The highest BCUT2D eigenvalue weighted by Gasteiger charge is 2.30. The first kappa shape index (κ1) is 17.8. The highest BCUT2D eigenvalue weighted by Crippen LogP contribution is 2.40. The highest BCUT2D eigenvalue weighted by atomic mass is 32.1. The molecule has 2 N–H and O–H groups in total. The van der Waals surface area contributed by atoms with Crippen molar-refractivity contribution in [1.82, 2.24) is 25.6 Å². The molecule has 0 bridgehead atoms. The first-order chi connectivity index (χ1) is 13.2. The van der Waals surface area contributed by atoms with Crippen molar-refractivity contribution in [3.63, 3.8) is 0 Å². The Bertz CT molecular complexity index is 972. The Morgan fingerprint density at radius 2 is 2.15 bits per heavy atom. The molecular weight excluding hydrogens is 360 g/mol. The highest BCUT2D eigenvalue weighted by molar-refractivity contribution is 7.19. The third-order valence-corrected chi connectivity index (χ3v) is 5.66. The zero-order valence-electron chi connectivity index (χ0n) is 15.4. The van der Waals surface area contributed by atoms with Crippen molar-refractivity contribution in [3.05, 3.63) is 41.2 Å². The SMILES string of the molecule is CNCCCNC(=O)c1nc2c(N3c4ccccc4CC3C)ncnc2s1. The summed E-state index contributed by atoms with van der Waals surface area (Å²) in [6.07, 6.45) is 3.39. The van der Waals surface area contributed by atoms with Crippen LogP contribution in [-0.2, 0) is 6.42 Å². The molecule has 2 aromatic heterocycles. The van der Waals surface area contributed by atoms with Crippen molar-refractivity contribution >= 4 is 39.1 Å². The smallest absolute Gasteiger partial charge is 0.280 e. The summed E-state index contributed by atoms with van der Waals surface area (Å²) in [5.41, 5.74) is 3.14. The van der Waals surface area contributed by atoms with Crippen LogP contribution in [0.4, 0.5) is 11.5 Å². The van der Waals surface area contributed by atoms with E-state index in [-0.39, 0.29) is 11.9 Å². The molecule has 3 heterocycles. The van der Waals surface area contributed by atoms with Gasteiger partial charge in [0.25, 0.3) is 5.91 Å². The summed E-state index contributed by atoms with van der Waals surface area (Å²) in [4.78, 5) is 28.8. The summed E-state index contributed by atoms with van der Waals surface area (Å²) < 4.78 is 0. The van der Waals surface area contributed by atoms with E-state index in [1.807, 2.05) is 13.1 Å². The minimum Gasteiger partial charge on any atom is -0.350 e. The second-order valence-corrected chi connectivity index (χ2v) is 7.61. The van der Waals surface area contributed by atoms with Crippen molar-refractivity contribution in [1.29, 1.82) is 0 Å². The third-order valence-electron chi connectivity index (χ3n) is 4.69. The molecule has 0 radical (unpaired) electrons. The number of thiazole rings is 1. The molecule has 0 saturated carbocycles. The van der Waals surface area contributed by atoms with Crippen molar-refractivity contribution in [2.75, 3.05) is 25.0 Å². The number of carbonyl (C=O) groups is 1. The van der Waals surface area contributed by atoms with E-state index in [1.165, 1.54) is 16.9 Å². The van der Waals surface area contributed by atoms with Crippen LogP contribution in [-0.4, -0.2) is 47.0 Å². The van der Waals surface area contributed by atoms with Crippen LogP contribution in [0.15, 0.2) is 30.6 Å². The average Bonchev–Trinajstić information content (AvgIpc) is 3.25. The van der Waals surface area contributed by atoms with Crippen molar-refractivity contribution in [3.8, 4) is 0 Å². The molecule has 0 fully saturated rings.